The van der Waals surface area contributed by atoms with Gasteiger partial charge in [0.05, 0.1) is 11.6 Å². The van der Waals surface area contributed by atoms with Gasteiger partial charge in [0.1, 0.15) is 0 Å². The number of Topliss-reactive ketones (excluding diaryl/α,β-unsaturated/α-hetero) is 1. The van der Waals surface area contributed by atoms with Gasteiger partial charge in [-0.25, -0.2) is 0 Å². The summed E-state index contributed by atoms with van der Waals surface area (Å²) in [7, 11) is 0. The fourth-order valence-corrected chi connectivity index (χ4v) is 1.41. The lowest BCUT2D eigenvalue weighted by atomic mass is 10.2. The van der Waals surface area contributed by atoms with E-state index in [-0.39, 0.29) is 11.7 Å². The highest BCUT2D eigenvalue weighted by Crippen LogP contribution is 2.05. The third-order valence-electron chi connectivity index (χ3n) is 1.74. The van der Waals surface area contributed by atoms with Crippen molar-refractivity contribution in [3.63, 3.8) is 0 Å². The summed E-state index contributed by atoms with van der Waals surface area (Å²) in [5.41, 5.74) is 0.609. The van der Waals surface area contributed by atoms with Gasteiger partial charge in [0, 0.05) is 5.38 Å². The Kier molecular flexibility index (Phi) is 3.19. The van der Waals surface area contributed by atoms with E-state index in [4.69, 9.17) is 0 Å². The maximum Gasteiger partial charge on any atom is 0.252 e. The third kappa shape index (κ3) is 2.66. The molecule has 13 heavy (non-hydrogen) atoms. The van der Waals surface area contributed by atoms with Gasteiger partial charge in [-0.1, -0.05) is 0 Å². The number of amides is 1. The maximum atomic E-state index is 11.4. The molecule has 0 spiro atoms. The van der Waals surface area contributed by atoms with Crippen molar-refractivity contribution in [3.05, 3.63) is 22.4 Å². The number of carbonyl (C=O) groups excluding carboxylic acids is 2. The van der Waals surface area contributed by atoms with Gasteiger partial charge in [-0.3, -0.25) is 9.59 Å². The first-order valence-corrected chi connectivity index (χ1v) is 4.89. The Hall–Kier alpha value is -1.16. The van der Waals surface area contributed by atoms with Crippen LogP contribution in [0.25, 0.3) is 0 Å². The Labute approximate surface area is 80.8 Å². The van der Waals surface area contributed by atoms with E-state index in [1.807, 2.05) is 5.38 Å². The van der Waals surface area contributed by atoms with Crippen molar-refractivity contribution in [1.29, 1.82) is 0 Å². The molecule has 0 aliphatic rings. The molecule has 1 aromatic rings. The van der Waals surface area contributed by atoms with Crippen LogP contribution in [0.2, 0.25) is 0 Å². The molecule has 1 unspecified atom stereocenters. The second-order valence-corrected chi connectivity index (χ2v) is 3.60. The van der Waals surface area contributed by atoms with Crippen molar-refractivity contribution in [2.45, 2.75) is 19.9 Å². The first-order valence-electron chi connectivity index (χ1n) is 3.95. The van der Waals surface area contributed by atoms with Crippen LogP contribution < -0.4 is 5.32 Å². The van der Waals surface area contributed by atoms with E-state index in [0.29, 0.717) is 5.56 Å². The Balaban J connectivity index is 2.56. The molecule has 0 aromatic carbocycles. The number of nitrogens with one attached hydrogen (secondary N) is 1. The Bertz CT molecular complexity index is 305. The monoisotopic (exact) mass is 197 g/mol. The van der Waals surface area contributed by atoms with Crippen LogP contribution in [0.15, 0.2) is 16.8 Å². The molecule has 1 amide bonds. The largest absolute Gasteiger partial charge is 0.343 e. The molecule has 0 aliphatic carbocycles. The molecule has 1 heterocycles. The maximum absolute atomic E-state index is 11.4. The Morgan fingerprint density at radius 2 is 2.23 bits per heavy atom. The number of thiophene rings is 1. The number of hydrogen-bond acceptors (Lipinski definition) is 3. The highest BCUT2D eigenvalue weighted by molar-refractivity contribution is 7.08. The van der Waals surface area contributed by atoms with Crippen LogP contribution in [0.5, 0.6) is 0 Å². The standard InChI is InChI=1S/C9H11NO2S/c1-6(7(2)11)10-9(12)8-3-4-13-5-8/h3-6H,1-2H3,(H,10,12). The number of rotatable bonds is 3. The SMILES string of the molecule is CC(=O)C(C)NC(=O)c1ccsc1. The van der Waals surface area contributed by atoms with Gasteiger partial charge in [-0.15, -0.1) is 0 Å². The van der Waals surface area contributed by atoms with E-state index in [1.54, 1.807) is 18.4 Å². The Morgan fingerprint density at radius 3 is 2.69 bits per heavy atom. The highest BCUT2D eigenvalue weighted by atomic mass is 32.1. The zero-order valence-electron chi connectivity index (χ0n) is 7.53. The fraction of sp³-hybridized carbons (Fsp3) is 0.333. The molecule has 1 rings (SSSR count). The smallest absolute Gasteiger partial charge is 0.252 e. The van der Waals surface area contributed by atoms with Crippen LogP contribution in [0.1, 0.15) is 24.2 Å². The van der Waals surface area contributed by atoms with Crippen molar-refractivity contribution >= 4 is 23.0 Å². The summed E-state index contributed by atoms with van der Waals surface area (Å²) in [6.45, 7) is 3.13. The minimum Gasteiger partial charge on any atom is -0.343 e. The second kappa shape index (κ2) is 4.18. The van der Waals surface area contributed by atoms with E-state index >= 15 is 0 Å². The van der Waals surface area contributed by atoms with Crippen molar-refractivity contribution in [2.75, 3.05) is 0 Å². The van der Waals surface area contributed by atoms with Crippen molar-refractivity contribution in [3.8, 4) is 0 Å². The van der Waals surface area contributed by atoms with Crippen LogP contribution in [0, 0.1) is 0 Å². The average Bonchev–Trinajstić information content (AvgIpc) is 2.55. The highest BCUT2D eigenvalue weighted by Gasteiger charge is 2.12. The first-order chi connectivity index (χ1) is 6.11. The van der Waals surface area contributed by atoms with Crippen LogP contribution in [-0.2, 0) is 4.79 Å². The summed E-state index contributed by atoms with van der Waals surface area (Å²) >= 11 is 1.46. The molecule has 4 heteroatoms. The molecular weight excluding hydrogens is 186 g/mol. The first kappa shape index (κ1) is 9.92. The van der Waals surface area contributed by atoms with Gasteiger partial charge in [0.15, 0.2) is 5.78 Å². The van der Waals surface area contributed by atoms with Crippen LogP contribution in [-0.4, -0.2) is 17.7 Å². The number of ketones is 1. The molecule has 1 aromatic heterocycles. The van der Waals surface area contributed by atoms with Crippen LogP contribution >= 0.6 is 11.3 Å². The third-order valence-corrected chi connectivity index (χ3v) is 2.42. The lowest BCUT2D eigenvalue weighted by molar-refractivity contribution is -0.118. The zero-order chi connectivity index (χ0) is 9.84. The van der Waals surface area contributed by atoms with Gasteiger partial charge in [0.2, 0.25) is 0 Å². The molecular formula is C9H11NO2S. The molecule has 1 atom stereocenters. The van der Waals surface area contributed by atoms with Gasteiger partial charge in [0.25, 0.3) is 5.91 Å². The van der Waals surface area contributed by atoms with Crippen LogP contribution in [0.3, 0.4) is 0 Å². The molecule has 70 valence electrons. The number of carbonyl (C=O) groups is 2. The predicted octanol–water partition coefficient (Wildman–Crippen LogP) is 1.46. The predicted molar refractivity (Wildman–Crippen MR) is 51.9 cm³/mol. The van der Waals surface area contributed by atoms with E-state index in [1.165, 1.54) is 18.3 Å². The summed E-state index contributed by atoms with van der Waals surface area (Å²) in [6.07, 6.45) is 0. The van der Waals surface area contributed by atoms with E-state index in [0.717, 1.165) is 0 Å². The van der Waals surface area contributed by atoms with Gasteiger partial charge in [-0.2, -0.15) is 11.3 Å². The average molecular weight is 197 g/mol. The summed E-state index contributed by atoms with van der Waals surface area (Å²) < 4.78 is 0. The van der Waals surface area contributed by atoms with Gasteiger partial charge < -0.3 is 5.32 Å². The van der Waals surface area contributed by atoms with Gasteiger partial charge >= 0.3 is 0 Å². The zero-order valence-corrected chi connectivity index (χ0v) is 8.35. The lowest BCUT2D eigenvalue weighted by Gasteiger charge is -2.08. The summed E-state index contributed by atoms with van der Waals surface area (Å²) in [5, 5.41) is 6.18. The molecule has 0 bridgehead atoms. The van der Waals surface area contributed by atoms with Gasteiger partial charge in [-0.05, 0) is 25.3 Å². The van der Waals surface area contributed by atoms with E-state index in [2.05, 4.69) is 5.32 Å². The van der Waals surface area contributed by atoms with Crippen molar-refractivity contribution in [2.24, 2.45) is 0 Å². The molecule has 0 aliphatic heterocycles. The molecule has 1 N–H and O–H groups in total. The summed E-state index contributed by atoms with van der Waals surface area (Å²) in [5.74, 6) is -0.229. The quantitative estimate of drug-likeness (QED) is 0.797. The molecule has 0 fully saturated rings. The number of hydrogen-bond donors (Lipinski definition) is 1. The Morgan fingerprint density at radius 1 is 1.54 bits per heavy atom. The topological polar surface area (TPSA) is 46.2 Å². The minimum atomic E-state index is -0.410. The van der Waals surface area contributed by atoms with Crippen molar-refractivity contribution in [1.82, 2.24) is 5.32 Å². The molecule has 0 saturated heterocycles. The molecule has 0 radical (unpaired) electrons. The molecule has 3 nitrogen and oxygen atoms in total. The van der Waals surface area contributed by atoms with Crippen LogP contribution in [0.4, 0.5) is 0 Å². The normalized spacial score (nSPS) is 12.2. The summed E-state index contributed by atoms with van der Waals surface area (Å²) in [4.78, 5) is 22.2. The van der Waals surface area contributed by atoms with E-state index < -0.39 is 6.04 Å². The summed E-state index contributed by atoms with van der Waals surface area (Å²) in [6, 6.07) is 1.32. The fourth-order valence-electron chi connectivity index (χ4n) is 0.775. The lowest BCUT2D eigenvalue weighted by Crippen LogP contribution is -2.37. The molecule has 0 saturated carbocycles. The van der Waals surface area contributed by atoms with Crippen molar-refractivity contribution < 1.29 is 9.59 Å². The minimum absolute atomic E-state index is 0.0384. The second-order valence-electron chi connectivity index (χ2n) is 2.82. The van der Waals surface area contributed by atoms with E-state index in [9.17, 15) is 9.59 Å².